The minimum atomic E-state index is -4.64. The summed E-state index contributed by atoms with van der Waals surface area (Å²) in [6.45, 7) is 2.20. The maximum absolute atomic E-state index is 13.3. The van der Waals surface area contributed by atoms with Crippen LogP contribution in [-0.2, 0) is 20.6 Å². The van der Waals surface area contributed by atoms with Crippen molar-refractivity contribution in [2.75, 3.05) is 11.1 Å². The Morgan fingerprint density at radius 1 is 0.833 bits per heavy atom. The van der Waals surface area contributed by atoms with E-state index in [1.165, 1.54) is 0 Å². The molecule has 9 heteroatoms. The van der Waals surface area contributed by atoms with Gasteiger partial charge in [-0.3, -0.25) is 9.69 Å². The standard InChI is InChI=1S/C27H30NO5P.2Na/c1-21(29)28(25-18-16-24(17-19-25)23-14-7-4-8-15-23)27(2,26(30)31)34(32,33)20-10-9-13-22-11-5-3-6-12-22;;/h3-8,11-12,14-19H,9-10,13,20H2,1-2H3,(H,30,31)(H,32,33);;/q;2*+1/p-2/t27-;;/m1../s1. The molecule has 0 saturated heterocycles. The second-order valence-electron chi connectivity index (χ2n) is 8.42. The van der Waals surface area contributed by atoms with Crippen molar-refractivity contribution >= 4 is 24.9 Å². The average Bonchev–Trinajstić information content (AvgIpc) is 2.83. The van der Waals surface area contributed by atoms with Gasteiger partial charge in [0.15, 0.2) is 0 Å². The molecule has 1 unspecified atom stereocenters. The molecule has 0 aromatic heterocycles. The molecule has 0 saturated carbocycles. The average molecular weight is 523 g/mol. The number of anilines is 1. The van der Waals surface area contributed by atoms with Crippen LogP contribution >= 0.6 is 7.37 Å². The van der Waals surface area contributed by atoms with Crippen molar-refractivity contribution < 1.29 is 83.3 Å². The van der Waals surface area contributed by atoms with Crippen LogP contribution in [0.5, 0.6) is 0 Å². The molecule has 3 aromatic rings. The third kappa shape index (κ3) is 7.66. The monoisotopic (exact) mass is 523 g/mol. The summed E-state index contributed by atoms with van der Waals surface area (Å²) in [7, 11) is -4.64. The molecule has 0 heterocycles. The molecule has 0 aliphatic rings. The number of amides is 1. The number of aryl methyl sites for hydroxylation is 1. The zero-order valence-electron chi connectivity index (χ0n) is 21.3. The van der Waals surface area contributed by atoms with Crippen molar-refractivity contribution in [2.45, 2.75) is 38.4 Å². The smallest absolute Gasteiger partial charge is 0.797 e. The number of carboxylic acids is 1. The Hall–Kier alpha value is -1.21. The van der Waals surface area contributed by atoms with Gasteiger partial charge < -0.3 is 19.4 Å². The molecule has 3 aromatic carbocycles. The first-order valence-corrected chi connectivity index (χ1v) is 13.0. The number of rotatable bonds is 10. The summed E-state index contributed by atoms with van der Waals surface area (Å²) in [5, 5.41) is 9.74. The molecule has 0 aliphatic carbocycles. The fourth-order valence-corrected chi connectivity index (χ4v) is 5.98. The van der Waals surface area contributed by atoms with Gasteiger partial charge in [-0.2, -0.15) is 0 Å². The van der Waals surface area contributed by atoms with Gasteiger partial charge in [0, 0.05) is 20.0 Å². The number of benzene rings is 3. The van der Waals surface area contributed by atoms with Gasteiger partial charge in [0.2, 0.25) is 5.91 Å². The van der Waals surface area contributed by atoms with E-state index in [4.69, 9.17) is 0 Å². The van der Waals surface area contributed by atoms with Crippen molar-refractivity contribution in [3.8, 4) is 11.1 Å². The van der Waals surface area contributed by atoms with Gasteiger partial charge >= 0.3 is 59.1 Å². The topological polar surface area (TPSA) is 101 Å². The van der Waals surface area contributed by atoms with Crippen LogP contribution in [0.2, 0.25) is 0 Å². The van der Waals surface area contributed by atoms with E-state index in [1.54, 1.807) is 24.3 Å². The van der Waals surface area contributed by atoms with E-state index in [9.17, 15) is 24.2 Å². The number of hydrogen-bond acceptors (Lipinski definition) is 5. The van der Waals surface area contributed by atoms with Crippen molar-refractivity contribution in [2.24, 2.45) is 0 Å². The van der Waals surface area contributed by atoms with Gasteiger partial charge in [-0.15, -0.1) is 0 Å². The molecule has 2 atom stereocenters. The number of nitrogens with zero attached hydrogens (tertiary/aromatic N) is 1. The summed E-state index contributed by atoms with van der Waals surface area (Å²) in [5.41, 5.74) is 3.06. The molecule has 3 rings (SSSR count). The van der Waals surface area contributed by atoms with E-state index in [2.05, 4.69) is 0 Å². The van der Waals surface area contributed by atoms with E-state index in [1.807, 2.05) is 60.7 Å². The van der Waals surface area contributed by atoms with Crippen LogP contribution < -0.4 is 74.0 Å². The molecule has 6 nitrogen and oxygen atoms in total. The molecule has 0 spiro atoms. The largest absolute Gasteiger partial charge is 1.00 e. The number of aliphatic carboxylic acids is 1. The van der Waals surface area contributed by atoms with Crippen molar-refractivity contribution in [3.63, 3.8) is 0 Å². The van der Waals surface area contributed by atoms with Crippen molar-refractivity contribution in [1.29, 1.82) is 0 Å². The first-order valence-electron chi connectivity index (χ1n) is 11.2. The summed E-state index contributed by atoms with van der Waals surface area (Å²) in [4.78, 5) is 39.0. The Morgan fingerprint density at radius 3 is 1.83 bits per heavy atom. The number of carbonyl (C=O) groups excluding carboxylic acids is 2. The van der Waals surface area contributed by atoms with Gasteiger partial charge in [-0.05, 0) is 61.2 Å². The zero-order valence-corrected chi connectivity index (χ0v) is 26.2. The normalized spacial score (nSPS) is 13.8. The van der Waals surface area contributed by atoms with Crippen LogP contribution in [0.1, 0.15) is 32.3 Å². The summed E-state index contributed by atoms with van der Waals surface area (Å²) in [6.07, 6.45) is 1.18. The van der Waals surface area contributed by atoms with Crippen LogP contribution in [0.3, 0.4) is 0 Å². The zero-order chi connectivity index (χ0) is 24.8. The molecule has 178 valence electrons. The van der Waals surface area contributed by atoms with E-state index in [0.29, 0.717) is 12.8 Å². The van der Waals surface area contributed by atoms with Gasteiger partial charge in [0.1, 0.15) is 5.28 Å². The number of hydrogen-bond donors (Lipinski definition) is 0. The third-order valence-electron chi connectivity index (χ3n) is 6.04. The molecular weight excluding hydrogens is 495 g/mol. The van der Waals surface area contributed by atoms with Gasteiger partial charge in [-0.25, -0.2) is 0 Å². The predicted octanol–water partition coefficient (Wildman–Crippen LogP) is -2.16. The van der Waals surface area contributed by atoms with Gasteiger partial charge in [0.05, 0.1) is 5.97 Å². The Kier molecular flexibility index (Phi) is 13.4. The molecular formula is C27H28NNa2O5P. The summed E-state index contributed by atoms with van der Waals surface area (Å²) >= 11 is 0. The van der Waals surface area contributed by atoms with E-state index >= 15 is 0 Å². The van der Waals surface area contributed by atoms with E-state index < -0.39 is 24.5 Å². The predicted molar refractivity (Wildman–Crippen MR) is 130 cm³/mol. The summed E-state index contributed by atoms with van der Waals surface area (Å²) in [6, 6.07) is 25.7. The molecule has 0 fully saturated rings. The van der Waals surface area contributed by atoms with Crippen LogP contribution in [0.4, 0.5) is 5.69 Å². The summed E-state index contributed by atoms with van der Waals surface area (Å²) in [5.74, 6) is -2.52. The quantitative estimate of drug-likeness (QED) is 0.171. The Morgan fingerprint density at radius 2 is 1.33 bits per heavy atom. The minimum absolute atomic E-state index is 0. The molecule has 0 radical (unpaired) electrons. The Balaban J connectivity index is 0.00000324. The number of carboxylic acid groups (broad SMARTS) is 1. The van der Waals surface area contributed by atoms with Crippen molar-refractivity contribution in [1.82, 2.24) is 0 Å². The van der Waals surface area contributed by atoms with Crippen molar-refractivity contribution in [3.05, 3.63) is 90.5 Å². The molecule has 0 aliphatic heterocycles. The van der Waals surface area contributed by atoms with Crippen LogP contribution in [0.25, 0.3) is 11.1 Å². The Labute approximate surface area is 257 Å². The minimum Gasteiger partial charge on any atom is -0.797 e. The number of carbonyl (C=O) groups is 2. The molecule has 0 bridgehead atoms. The fourth-order valence-electron chi connectivity index (χ4n) is 4.07. The fraction of sp³-hybridized carbons (Fsp3) is 0.259. The molecule has 36 heavy (non-hydrogen) atoms. The maximum atomic E-state index is 13.3. The first kappa shape index (κ1) is 32.8. The van der Waals surface area contributed by atoms with E-state index in [0.717, 1.165) is 35.4 Å². The van der Waals surface area contributed by atoms with Crippen LogP contribution in [-0.4, -0.2) is 23.3 Å². The van der Waals surface area contributed by atoms with Gasteiger partial charge in [0.25, 0.3) is 0 Å². The third-order valence-corrected chi connectivity index (χ3v) is 8.66. The summed E-state index contributed by atoms with van der Waals surface area (Å²) < 4.78 is 13.3. The van der Waals surface area contributed by atoms with Gasteiger partial charge in [-0.1, -0.05) is 72.8 Å². The SMILES string of the molecule is CC(=O)N(c1ccc(-c2ccccc2)cc1)[C@@](C)(C(=O)[O-])P(=O)([O-])CCCCc1ccccc1.[Na+].[Na+]. The maximum Gasteiger partial charge on any atom is 1.00 e. The number of unbranched alkanes of at least 4 members (excludes halogenated alkanes) is 1. The molecule has 1 amide bonds. The Bertz CT molecular complexity index is 1180. The second kappa shape index (κ2) is 14.7. The van der Waals surface area contributed by atoms with E-state index in [-0.39, 0.29) is 77.4 Å². The second-order valence-corrected chi connectivity index (χ2v) is 11.1. The van der Waals surface area contributed by atoms with Crippen LogP contribution in [0.15, 0.2) is 84.9 Å². The van der Waals surface area contributed by atoms with Crippen LogP contribution in [0, 0.1) is 0 Å². The molecule has 0 N–H and O–H groups in total. The first-order chi connectivity index (χ1) is 16.2.